The fourth-order valence-electron chi connectivity index (χ4n) is 3.46. The van der Waals surface area contributed by atoms with Crippen LogP contribution in [0.4, 0.5) is 0 Å². The molecule has 0 saturated carbocycles. The molecule has 0 radical (unpaired) electrons. The summed E-state index contributed by atoms with van der Waals surface area (Å²) < 4.78 is 0. The monoisotopic (exact) mass is 316 g/mol. The second-order valence-electron chi connectivity index (χ2n) is 6.83. The third-order valence-corrected chi connectivity index (χ3v) is 5.13. The smallest absolute Gasteiger partial charge is 0.236 e. The summed E-state index contributed by atoms with van der Waals surface area (Å²) in [6, 6.07) is 11.0. The third kappa shape index (κ3) is 4.10. The molecule has 2 aliphatic heterocycles. The number of nitrogens with zero attached hydrogens (tertiary/aromatic N) is 4. The second-order valence-corrected chi connectivity index (χ2v) is 6.83. The van der Waals surface area contributed by atoms with Crippen LogP contribution < -0.4 is 0 Å². The number of piperazine rings is 2. The van der Waals surface area contributed by atoms with Crippen molar-refractivity contribution in [2.24, 2.45) is 0 Å². The lowest BCUT2D eigenvalue weighted by Crippen LogP contribution is -2.53. The Balaban J connectivity index is 1.57. The molecule has 0 spiro atoms. The molecule has 0 N–H and O–H groups in total. The zero-order chi connectivity index (χ0) is 16.2. The fourth-order valence-corrected chi connectivity index (χ4v) is 3.46. The van der Waals surface area contributed by atoms with E-state index in [1.54, 1.807) is 0 Å². The van der Waals surface area contributed by atoms with Crippen LogP contribution in [0.1, 0.15) is 11.6 Å². The molecule has 0 aliphatic carbocycles. The number of rotatable bonds is 3. The Bertz CT molecular complexity index is 513. The molecule has 1 amide bonds. The second kappa shape index (κ2) is 7.43. The predicted octanol–water partition coefficient (Wildman–Crippen LogP) is 0.749. The minimum Gasteiger partial charge on any atom is -0.339 e. The molecule has 2 aliphatic rings. The van der Waals surface area contributed by atoms with Crippen molar-refractivity contribution in [1.29, 1.82) is 0 Å². The Labute approximate surface area is 139 Å². The van der Waals surface area contributed by atoms with Gasteiger partial charge in [-0.25, -0.2) is 0 Å². The van der Waals surface area contributed by atoms with E-state index in [-0.39, 0.29) is 5.91 Å². The summed E-state index contributed by atoms with van der Waals surface area (Å²) in [6.07, 6.45) is 0. The first-order chi connectivity index (χ1) is 11.1. The lowest BCUT2D eigenvalue weighted by molar-refractivity contribution is -0.134. The highest BCUT2D eigenvalue weighted by molar-refractivity contribution is 5.78. The molecule has 1 aromatic carbocycles. The highest BCUT2D eigenvalue weighted by atomic mass is 16.2. The summed E-state index contributed by atoms with van der Waals surface area (Å²) in [4.78, 5) is 21.6. The normalized spacial score (nSPS) is 24.8. The molecule has 0 bridgehead atoms. The van der Waals surface area contributed by atoms with E-state index in [4.69, 9.17) is 0 Å². The molecular weight excluding hydrogens is 288 g/mol. The van der Waals surface area contributed by atoms with Crippen LogP contribution >= 0.6 is 0 Å². The number of amides is 1. The van der Waals surface area contributed by atoms with Crippen LogP contribution in [0.5, 0.6) is 0 Å². The van der Waals surface area contributed by atoms with Crippen LogP contribution in [0.3, 0.4) is 0 Å². The molecule has 23 heavy (non-hydrogen) atoms. The fraction of sp³-hybridized carbons (Fsp3) is 0.611. The predicted molar refractivity (Wildman–Crippen MR) is 92.3 cm³/mol. The summed E-state index contributed by atoms with van der Waals surface area (Å²) in [7, 11) is 4.30. The SMILES string of the molecule is CN1CCN(C(=O)CN2CCN(C)C(c3ccccc3)C2)CC1. The van der Waals surface area contributed by atoms with E-state index in [1.165, 1.54) is 5.56 Å². The van der Waals surface area contributed by atoms with Gasteiger partial charge in [-0.3, -0.25) is 14.6 Å². The number of carbonyl (C=O) groups excluding carboxylic acids is 1. The molecule has 2 fully saturated rings. The van der Waals surface area contributed by atoms with Gasteiger partial charge in [-0.1, -0.05) is 30.3 Å². The van der Waals surface area contributed by atoms with Crippen LogP contribution in [0.25, 0.3) is 0 Å². The molecule has 2 heterocycles. The number of hydrogen-bond donors (Lipinski definition) is 0. The highest BCUT2D eigenvalue weighted by Gasteiger charge is 2.28. The van der Waals surface area contributed by atoms with Crippen molar-refractivity contribution in [2.75, 3.05) is 66.5 Å². The van der Waals surface area contributed by atoms with Crippen LogP contribution in [-0.2, 0) is 4.79 Å². The Kier molecular flexibility index (Phi) is 5.30. The number of likely N-dealkylation sites (N-methyl/N-ethyl adjacent to an activating group) is 2. The first-order valence-electron chi connectivity index (χ1n) is 8.57. The maximum atomic E-state index is 12.5. The van der Waals surface area contributed by atoms with Crippen LogP contribution in [0.15, 0.2) is 30.3 Å². The number of benzene rings is 1. The minimum absolute atomic E-state index is 0.287. The van der Waals surface area contributed by atoms with E-state index < -0.39 is 0 Å². The summed E-state index contributed by atoms with van der Waals surface area (Å²) >= 11 is 0. The van der Waals surface area contributed by atoms with Crippen molar-refractivity contribution in [3.05, 3.63) is 35.9 Å². The van der Waals surface area contributed by atoms with Crippen molar-refractivity contribution >= 4 is 5.91 Å². The van der Waals surface area contributed by atoms with Gasteiger partial charge in [-0.2, -0.15) is 0 Å². The number of carbonyl (C=O) groups is 1. The molecule has 3 rings (SSSR count). The molecule has 1 atom stereocenters. The van der Waals surface area contributed by atoms with Gasteiger partial charge in [-0.15, -0.1) is 0 Å². The summed E-state index contributed by atoms with van der Waals surface area (Å²) in [6.45, 7) is 7.17. The van der Waals surface area contributed by atoms with Crippen molar-refractivity contribution < 1.29 is 4.79 Å². The maximum absolute atomic E-state index is 12.5. The molecule has 2 saturated heterocycles. The maximum Gasteiger partial charge on any atom is 0.236 e. The van der Waals surface area contributed by atoms with E-state index in [2.05, 4.69) is 59.1 Å². The first kappa shape index (κ1) is 16.4. The largest absolute Gasteiger partial charge is 0.339 e. The first-order valence-corrected chi connectivity index (χ1v) is 8.57. The average molecular weight is 316 g/mol. The molecule has 1 unspecified atom stereocenters. The molecular formula is C18H28N4O. The molecule has 1 aromatic rings. The Morgan fingerprint density at radius 1 is 1.00 bits per heavy atom. The third-order valence-electron chi connectivity index (χ3n) is 5.13. The van der Waals surface area contributed by atoms with Gasteiger partial charge in [0.2, 0.25) is 5.91 Å². The summed E-state index contributed by atoms with van der Waals surface area (Å²) in [5, 5.41) is 0. The van der Waals surface area contributed by atoms with Gasteiger partial charge in [0.15, 0.2) is 0 Å². The molecule has 0 aromatic heterocycles. The highest BCUT2D eigenvalue weighted by Crippen LogP contribution is 2.23. The standard InChI is InChI=1S/C18H28N4O/c1-19-8-12-22(13-9-19)18(23)15-21-11-10-20(2)17(14-21)16-6-4-3-5-7-16/h3-7,17H,8-15H2,1-2H3. The average Bonchev–Trinajstić information content (AvgIpc) is 2.58. The van der Waals surface area contributed by atoms with E-state index in [1.807, 2.05) is 4.90 Å². The van der Waals surface area contributed by atoms with Gasteiger partial charge < -0.3 is 9.80 Å². The molecule has 126 valence electrons. The summed E-state index contributed by atoms with van der Waals surface area (Å²) in [5.41, 5.74) is 1.34. The van der Waals surface area contributed by atoms with E-state index in [0.29, 0.717) is 12.6 Å². The van der Waals surface area contributed by atoms with Crippen molar-refractivity contribution in [2.45, 2.75) is 6.04 Å². The molecule has 5 heteroatoms. The van der Waals surface area contributed by atoms with Gasteiger partial charge in [0, 0.05) is 51.9 Å². The van der Waals surface area contributed by atoms with Crippen LogP contribution in [-0.4, -0.2) is 92.0 Å². The zero-order valence-corrected chi connectivity index (χ0v) is 14.3. The quantitative estimate of drug-likeness (QED) is 0.823. The van der Waals surface area contributed by atoms with Gasteiger partial charge in [0.05, 0.1) is 6.54 Å². The van der Waals surface area contributed by atoms with E-state index in [0.717, 1.165) is 45.8 Å². The van der Waals surface area contributed by atoms with Gasteiger partial charge in [0.25, 0.3) is 0 Å². The molecule has 5 nitrogen and oxygen atoms in total. The van der Waals surface area contributed by atoms with Crippen LogP contribution in [0, 0.1) is 0 Å². The lowest BCUT2D eigenvalue weighted by atomic mass is 10.0. The van der Waals surface area contributed by atoms with Crippen molar-refractivity contribution in [1.82, 2.24) is 19.6 Å². The Morgan fingerprint density at radius 3 is 2.39 bits per heavy atom. The zero-order valence-electron chi connectivity index (χ0n) is 14.3. The van der Waals surface area contributed by atoms with E-state index in [9.17, 15) is 4.79 Å². The lowest BCUT2D eigenvalue weighted by Gasteiger charge is -2.40. The van der Waals surface area contributed by atoms with Gasteiger partial charge in [0.1, 0.15) is 0 Å². The van der Waals surface area contributed by atoms with Crippen molar-refractivity contribution in [3.63, 3.8) is 0 Å². The Hall–Kier alpha value is -1.43. The van der Waals surface area contributed by atoms with Crippen LogP contribution in [0.2, 0.25) is 0 Å². The van der Waals surface area contributed by atoms with Gasteiger partial charge in [-0.05, 0) is 19.7 Å². The van der Waals surface area contributed by atoms with E-state index >= 15 is 0 Å². The Morgan fingerprint density at radius 2 is 1.70 bits per heavy atom. The minimum atomic E-state index is 0.287. The topological polar surface area (TPSA) is 30.0 Å². The van der Waals surface area contributed by atoms with Crippen molar-refractivity contribution in [3.8, 4) is 0 Å². The number of hydrogen-bond acceptors (Lipinski definition) is 4. The summed E-state index contributed by atoms with van der Waals surface area (Å²) in [5.74, 6) is 0.287. The van der Waals surface area contributed by atoms with Gasteiger partial charge >= 0.3 is 0 Å².